The van der Waals surface area contributed by atoms with Crippen molar-refractivity contribution in [2.75, 3.05) is 13.1 Å². The Balaban J connectivity index is 1.96. The molecule has 2 heterocycles. The van der Waals surface area contributed by atoms with Gasteiger partial charge in [-0.1, -0.05) is 0 Å². The zero-order chi connectivity index (χ0) is 9.80. The van der Waals surface area contributed by atoms with E-state index in [1.54, 1.807) is 6.07 Å². The number of rotatable bonds is 2. The van der Waals surface area contributed by atoms with Crippen LogP contribution in [-0.2, 0) is 0 Å². The molecule has 1 saturated heterocycles. The number of H-pyrrole nitrogens is 1. The predicted molar refractivity (Wildman–Crippen MR) is 51.4 cm³/mol. The number of hydrogen-bond acceptors (Lipinski definition) is 4. The van der Waals surface area contributed by atoms with Gasteiger partial charge in [0.05, 0.1) is 0 Å². The van der Waals surface area contributed by atoms with E-state index in [0.29, 0.717) is 5.88 Å². The average Bonchev–Trinajstić information content (AvgIpc) is 2.23. The van der Waals surface area contributed by atoms with Gasteiger partial charge in [0, 0.05) is 18.7 Å². The molecule has 76 valence electrons. The highest BCUT2D eigenvalue weighted by molar-refractivity contribution is 5.06. The summed E-state index contributed by atoms with van der Waals surface area (Å²) < 4.78 is 5.57. The van der Waals surface area contributed by atoms with Gasteiger partial charge >= 0.3 is 0 Å². The minimum atomic E-state index is -0.209. The van der Waals surface area contributed by atoms with Gasteiger partial charge in [-0.25, -0.2) is 5.10 Å². The third-order valence-electron chi connectivity index (χ3n) is 2.19. The molecule has 0 spiro atoms. The number of hydrogen-bond donors (Lipinski definition) is 2. The molecule has 1 aromatic heterocycles. The standard InChI is InChI=1S/C9H13N3O2/c13-8-3-4-9(12-11-8)14-7-2-1-5-10-6-7/h3-4,7,10H,1-2,5-6H2,(H,11,13). The molecular weight excluding hydrogens is 182 g/mol. The van der Waals surface area contributed by atoms with Gasteiger partial charge in [-0.3, -0.25) is 4.79 Å². The van der Waals surface area contributed by atoms with Crippen molar-refractivity contribution < 1.29 is 4.74 Å². The quantitative estimate of drug-likeness (QED) is 0.691. The molecule has 5 nitrogen and oxygen atoms in total. The lowest BCUT2D eigenvalue weighted by Gasteiger charge is -2.22. The molecule has 1 aliphatic heterocycles. The van der Waals surface area contributed by atoms with Crippen molar-refractivity contribution >= 4 is 0 Å². The fourth-order valence-corrected chi connectivity index (χ4v) is 1.49. The van der Waals surface area contributed by atoms with E-state index in [1.807, 2.05) is 0 Å². The Kier molecular flexibility index (Phi) is 2.78. The second-order valence-corrected chi connectivity index (χ2v) is 3.35. The van der Waals surface area contributed by atoms with Crippen LogP contribution in [0.25, 0.3) is 0 Å². The molecule has 2 N–H and O–H groups in total. The molecule has 1 fully saturated rings. The van der Waals surface area contributed by atoms with Crippen molar-refractivity contribution in [3.05, 3.63) is 22.5 Å². The van der Waals surface area contributed by atoms with Gasteiger partial charge < -0.3 is 10.1 Å². The molecule has 0 bridgehead atoms. The van der Waals surface area contributed by atoms with Gasteiger partial charge in [0.25, 0.3) is 5.56 Å². The summed E-state index contributed by atoms with van der Waals surface area (Å²) in [6.45, 7) is 1.90. The number of nitrogens with zero attached hydrogens (tertiary/aromatic N) is 1. The lowest BCUT2D eigenvalue weighted by molar-refractivity contribution is 0.158. The van der Waals surface area contributed by atoms with E-state index in [9.17, 15) is 4.79 Å². The second-order valence-electron chi connectivity index (χ2n) is 3.35. The Bertz CT molecular complexity index is 324. The first-order valence-electron chi connectivity index (χ1n) is 4.78. The first-order chi connectivity index (χ1) is 6.84. The molecule has 0 radical (unpaired) electrons. The molecule has 5 heteroatoms. The molecule has 0 aliphatic carbocycles. The fraction of sp³-hybridized carbons (Fsp3) is 0.556. The summed E-state index contributed by atoms with van der Waals surface area (Å²) in [6, 6.07) is 3.01. The van der Waals surface area contributed by atoms with Crippen LogP contribution in [0.4, 0.5) is 0 Å². The third-order valence-corrected chi connectivity index (χ3v) is 2.19. The Morgan fingerprint density at radius 1 is 1.50 bits per heavy atom. The van der Waals surface area contributed by atoms with Crippen LogP contribution in [-0.4, -0.2) is 29.4 Å². The van der Waals surface area contributed by atoms with Crippen LogP contribution in [0.15, 0.2) is 16.9 Å². The van der Waals surface area contributed by atoms with Crippen LogP contribution < -0.4 is 15.6 Å². The highest BCUT2D eigenvalue weighted by atomic mass is 16.5. The van der Waals surface area contributed by atoms with Crippen LogP contribution in [0.2, 0.25) is 0 Å². The zero-order valence-corrected chi connectivity index (χ0v) is 7.82. The Hall–Kier alpha value is -1.36. The Morgan fingerprint density at radius 2 is 2.43 bits per heavy atom. The summed E-state index contributed by atoms with van der Waals surface area (Å²) in [5.41, 5.74) is -0.209. The summed E-state index contributed by atoms with van der Waals surface area (Å²) >= 11 is 0. The largest absolute Gasteiger partial charge is 0.472 e. The van der Waals surface area contributed by atoms with Crippen LogP contribution in [0, 0.1) is 0 Å². The summed E-state index contributed by atoms with van der Waals surface area (Å²) in [5, 5.41) is 9.37. The van der Waals surface area contributed by atoms with Gasteiger partial charge in [0.1, 0.15) is 6.10 Å². The van der Waals surface area contributed by atoms with E-state index < -0.39 is 0 Å². The smallest absolute Gasteiger partial charge is 0.264 e. The zero-order valence-electron chi connectivity index (χ0n) is 7.82. The van der Waals surface area contributed by atoms with E-state index in [4.69, 9.17) is 4.74 Å². The van der Waals surface area contributed by atoms with E-state index >= 15 is 0 Å². The molecule has 1 unspecified atom stereocenters. The maximum absolute atomic E-state index is 10.7. The van der Waals surface area contributed by atoms with Gasteiger partial charge in [-0.2, -0.15) is 0 Å². The van der Waals surface area contributed by atoms with Crippen molar-refractivity contribution in [1.29, 1.82) is 0 Å². The second kappa shape index (κ2) is 4.23. The minimum Gasteiger partial charge on any atom is -0.472 e. The van der Waals surface area contributed by atoms with Gasteiger partial charge in [0.15, 0.2) is 0 Å². The maximum Gasteiger partial charge on any atom is 0.264 e. The van der Waals surface area contributed by atoms with Crippen molar-refractivity contribution in [2.45, 2.75) is 18.9 Å². The highest BCUT2D eigenvalue weighted by Gasteiger charge is 2.14. The average molecular weight is 195 g/mol. The SMILES string of the molecule is O=c1ccc(OC2CCCNC2)n[nH]1. The Morgan fingerprint density at radius 3 is 3.07 bits per heavy atom. The summed E-state index contributed by atoms with van der Waals surface area (Å²) in [6.07, 6.45) is 2.32. The lowest BCUT2D eigenvalue weighted by atomic mass is 10.1. The summed E-state index contributed by atoms with van der Waals surface area (Å²) in [7, 11) is 0. The van der Waals surface area contributed by atoms with E-state index in [1.165, 1.54) is 6.07 Å². The minimum absolute atomic E-state index is 0.169. The van der Waals surface area contributed by atoms with Crippen LogP contribution in [0.3, 0.4) is 0 Å². The Labute approximate surface area is 81.5 Å². The number of aromatic nitrogens is 2. The van der Waals surface area contributed by atoms with Crippen molar-refractivity contribution in [3.63, 3.8) is 0 Å². The van der Waals surface area contributed by atoms with Crippen LogP contribution in [0.1, 0.15) is 12.8 Å². The van der Waals surface area contributed by atoms with E-state index in [-0.39, 0.29) is 11.7 Å². The number of aromatic amines is 1. The monoisotopic (exact) mass is 195 g/mol. The van der Waals surface area contributed by atoms with Crippen LogP contribution in [0.5, 0.6) is 5.88 Å². The normalized spacial score (nSPS) is 21.9. The first kappa shape index (κ1) is 9.21. The molecule has 14 heavy (non-hydrogen) atoms. The third kappa shape index (κ3) is 2.32. The highest BCUT2D eigenvalue weighted by Crippen LogP contribution is 2.10. The predicted octanol–water partition coefficient (Wildman–Crippen LogP) is -0.0993. The number of piperidine rings is 1. The molecule has 2 rings (SSSR count). The molecule has 1 aliphatic rings. The summed E-state index contributed by atoms with van der Waals surface area (Å²) in [5.74, 6) is 0.485. The molecule has 0 amide bonds. The van der Waals surface area contributed by atoms with E-state index in [2.05, 4.69) is 15.5 Å². The van der Waals surface area contributed by atoms with Crippen molar-refractivity contribution in [2.24, 2.45) is 0 Å². The van der Waals surface area contributed by atoms with Gasteiger partial charge in [0.2, 0.25) is 5.88 Å². The topological polar surface area (TPSA) is 67.0 Å². The number of nitrogens with one attached hydrogen (secondary N) is 2. The van der Waals surface area contributed by atoms with Crippen LogP contribution >= 0.6 is 0 Å². The van der Waals surface area contributed by atoms with E-state index in [0.717, 1.165) is 25.9 Å². The molecule has 1 aromatic rings. The van der Waals surface area contributed by atoms with Crippen molar-refractivity contribution in [1.82, 2.24) is 15.5 Å². The summed E-state index contributed by atoms with van der Waals surface area (Å²) in [4.78, 5) is 10.7. The number of ether oxygens (including phenoxy) is 1. The molecule has 0 saturated carbocycles. The molecule has 0 aromatic carbocycles. The van der Waals surface area contributed by atoms with Gasteiger partial charge in [-0.05, 0) is 19.4 Å². The molecule has 1 atom stereocenters. The maximum atomic E-state index is 10.7. The first-order valence-corrected chi connectivity index (χ1v) is 4.78. The van der Waals surface area contributed by atoms with Crippen molar-refractivity contribution in [3.8, 4) is 5.88 Å². The van der Waals surface area contributed by atoms with Gasteiger partial charge in [-0.15, -0.1) is 5.10 Å². The lowest BCUT2D eigenvalue weighted by Crippen LogP contribution is -2.37. The molecular formula is C9H13N3O2. The fourth-order valence-electron chi connectivity index (χ4n) is 1.49.